The van der Waals surface area contributed by atoms with E-state index in [1.807, 2.05) is 0 Å². The van der Waals surface area contributed by atoms with E-state index < -0.39 is 0 Å². The summed E-state index contributed by atoms with van der Waals surface area (Å²) in [5.41, 5.74) is 4.14. The lowest BCUT2D eigenvalue weighted by molar-refractivity contribution is -0.533. The highest BCUT2D eigenvalue weighted by molar-refractivity contribution is 5.52. The first-order valence-corrected chi connectivity index (χ1v) is 9.33. The van der Waals surface area contributed by atoms with E-state index in [0.29, 0.717) is 6.04 Å². The normalized spacial score (nSPS) is 16.5. The maximum absolute atomic E-state index is 2.51. The van der Waals surface area contributed by atoms with Gasteiger partial charge in [-0.15, -0.1) is 0 Å². The van der Waals surface area contributed by atoms with E-state index in [1.165, 1.54) is 16.7 Å². The van der Waals surface area contributed by atoms with Crippen molar-refractivity contribution in [3.63, 3.8) is 0 Å². The van der Waals surface area contributed by atoms with E-state index in [-0.39, 0.29) is 0 Å². The molecule has 3 aromatic rings. The molecule has 2 heteroatoms. The average molecular weight is 341 g/mol. The van der Waals surface area contributed by atoms with Gasteiger partial charge in [-0.2, -0.15) is 0 Å². The van der Waals surface area contributed by atoms with Crippen molar-refractivity contribution in [2.75, 3.05) is 6.54 Å². The molecule has 1 atom stereocenters. The Bertz CT molecular complexity index is 841. The molecule has 0 N–H and O–H groups in total. The molecule has 1 heterocycles. The van der Waals surface area contributed by atoms with Crippen LogP contribution in [0.15, 0.2) is 91.0 Å². The van der Waals surface area contributed by atoms with Crippen LogP contribution in [0.25, 0.3) is 0 Å². The molecule has 4 rings (SSSR count). The second kappa shape index (κ2) is 8.01. The van der Waals surface area contributed by atoms with Gasteiger partial charge < -0.3 is 0 Å². The lowest BCUT2D eigenvalue weighted by Gasteiger charge is -2.17. The Balaban J connectivity index is 1.52. The molecule has 0 aliphatic carbocycles. The van der Waals surface area contributed by atoms with Gasteiger partial charge in [-0.3, -0.25) is 9.48 Å². The van der Waals surface area contributed by atoms with E-state index in [2.05, 4.69) is 107 Å². The van der Waals surface area contributed by atoms with Crippen LogP contribution in [0.1, 0.15) is 16.7 Å². The average Bonchev–Trinajstić information content (AvgIpc) is 3.05. The van der Waals surface area contributed by atoms with Crippen LogP contribution in [0, 0.1) is 0 Å². The third-order valence-corrected chi connectivity index (χ3v) is 4.98. The van der Waals surface area contributed by atoms with Crippen molar-refractivity contribution in [3.8, 4) is 0 Å². The van der Waals surface area contributed by atoms with Gasteiger partial charge in [-0.1, -0.05) is 91.0 Å². The molecule has 0 unspecified atom stereocenters. The molecule has 0 amide bonds. The van der Waals surface area contributed by atoms with Gasteiger partial charge in [0.25, 0.3) is 0 Å². The van der Waals surface area contributed by atoms with Gasteiger partial charge in [0.1, 0.15) is 25.7 Å². The smallest absolute Gasteiger partial charge is 0.235 e. The van der Waals surface area contributed by atoms with E-state index in [9.17, 15) is 0 Å². The fourth-order valence-electron chi connectivity index (χ4n) is 3.68. The minimum absolute atomic E-state index is 0.501. The Morgan fingerprint density at radius 2 is 1.23 bits per heavy atom. The summed E-state index contributed by atoms with van der Waals surface area (Å²) in [6.45, 7) is 3.00. The van der Waals surface area contributed by atoms with Gasteiger partial charge in [-0.05, 0) is 16.7 Å². The quantitative estimate of drug-likeness (QED) is 0.604. The predicted octanol–water partition coefficient (Wildman–Crippen LogP) is 4.35. The van der Waals surface area contributed by atoms with E-state index in [1.54, 1.807) is 0 Å². The van der Waals surface area contributed by atoms with Crippen LogP contribution < -0.4 is 0 Å². The number of nitrogens with zero attached hydrogens (tertiary/aromatic N) is 2. The molecule has 130 valence electrons. The van der Waals surface area contributed by atoms with Crippen molar-refractivity contribution < 1.29 is 4.58 Å². The van der Waals surface area contributed by atoms with Crippen LogP contribution >= 0.6 is 0 Å². The molecule has 0 spiro atoms. The van der Waals surface area contributed by atoms with Gasteiger partial charge >= 0.3 is 0 Å². The SMILES string of the molecule is C1=[N+](Cc2ccccc2)C[C@H](Cc2ccccc2)N1Cc1ccccc1. The molecule has 0 radical (unpaired) electrons. The van der Waals surface area contributed by atoms with Gasteiger partial charge in [0.2, 0.25) is 6.34 Å². The van der Waals surface area contributed by atoms with Crippen LogP contribution in [-0.4, -0.2) is 28.4 Å². The summed E-state index contributed by atoms with van der Waals surface area (Å²) in [5, 5.41) is 0. The molecule has 26 heavy (non-hydrogen) atoms. The summed E-state index contributed by atoms with van der Waals surface area (Å²) < 4.78 is 2.45. The van der Waals surface area contributed by atoms with Gasteiger partial charge in [-0.25, -0.2) is 0 Å². The molecule has 0 saturated heterocycles. The van der Waals surface area contributed by atoms with Gasteiger partial charge in [0, 0.05) is 6.42 Å². The van der Waals surface area contributed by atoms with Crippen LogP contribution in [0.4, 0.5) is 0 Å². The van der Waals surface area contributed by atoms with Crippen LogP contribution in [-0.2, 0) is 19.5 Å². The Kier molecular flexibility index (Phi) is 5.11. The summed E-state index contributed by atoms with van der Waals surface area (Å²) in [6, 6.07) is 32.8. The second-order valence-electron chi connectivity index (χ2n) is 7.03. The third kappa shape index (κ3) is 4.20. The largest absolute Gasteiger partial charge is 0.260 e. The molecular weight excluding hydrogens is 316 g/mol. The summed E-state index contributed by atoms with van der Waals surface area (Å²) in [5.74, 6) is 0. The van der Waals surface area contributed by atoms with E-state index >= 15 is 0 Å². The van der Waals surface area contributed by atoms with Crippen molar-refractivity contribution in [1.82, 2.24) is 4.90 Å². The maximum atomic E-state index is 2.51. The molecular formula is C24H25N2+. The summed E-state index contributed by atoms with van der Waals surface area (Å²) in [7, 11) is 0. The van der Waals surface area contributed by atoms with Crippen molar-refractivity contribution in [2.24, 2.45) is 0 Å². The fraction of sp³-hybridized carbons (Fsp3) is 0.208. The predicted molar refractivity (Wildman–Crippen MR) is 107 cm³/mol. The first-order chi connectivity index (χ1) is 12.9. The highest BCUT2D eigenvalue weighted by Gasteiger charge is 2.31. The van der Waals surface area contributed by atoms with Crippen LogP contribution in [0.2, 0.25) is 0 Å². The lowest BCUT2D eigenvalue weighted by atomic mass is 10.0. The topological polar surface area (TPSA) is 6.25 Å². The van der Waals surface area contributed by atoms with Crippen molar-refractivity contribution in [2.45, 2.75) is 25.6 Å². The molecule has 0 aromatic heterocycles. The molecule has 3 aromatic carbocycles. The van der Waals surface area contributed by atoms with Crippen molar-refractivity contribution in [1.29, 1.82) is 0 Å². The molecule has 1 aliphatic rings. The standard InChI is InChI=1S/C24H25N2/c1-4-10-21(11-5-1)16-24-19-25(17-22-12-6-2-7-13-22)20-26(24)18-23-14-8-3-9-15-23/h1-15,20,24H,16-19H2/q+1/t24-/m0/s1. The fourth-order valence-corrected chi connectivity index (χ4v) is 3.68. The molecule has 2 nitrogen and oxygen atoms in total. The van der Waals surface area contributed by atoms with Gasteiger partial charge in [0.05, 0.1) is 0 Å². The number of hydrogen-bond acceptors (Lipinski definition) is 1. The molecule has 1 aliphatic heterocycles. The second-order valence-corrected chi connectivity index (χ2v) is 7.03. The van der Waals surface area contributed by atoms with E-state index in [0.717, 1.165) is 26.1 Å². The highest BCUT2D eigenvalue weighted by Crippen LogP contribution is 2.17. The molecule has 0 saturated carbocycles. The monoisotopic (exact) mass is 341 g/mol. The first kappa shape index (κ1) is 16.6. The van der Waals surface area contributed by atoms with Crippen LogP contribution in [0.3, 0.4) is 0 Å². The first-order valence-electron chi connectivity index (χ1n) is 9.33. The Labute approximate surface area is 156 Å². The molecule has 0 bridgehead atoms. The number of hydrogen-bond donors (Lipinski definition) is 0. The van der Waals surface area contributed by atoms with Crippen LogP contribution in [0.5, 0.6) is 0 Å². The highest BCUT2D eigenvalue weighted by atomic mass is 15.3. The zero-order chi connectivity index (χ0) is 17.6. The Morgan fingerprint density at radius 1 is 0.692 bits per heavy atom. The Hall–Kier alpha value is -2.87. The van der Waals surface area contributed by atoms with Gasteiger partial charge in [0.15, 0.2) is 0 Å². The summed E-state index contributed by atoms with van der Waals surface area (Å²) in [6.07, 6.45) is 3.41. The summed E-state index contributed by atoms with van der Waals surface area (Å²) >= 11 is 0. The lowest BCUT2D eigenvalue weighted by Crippen LogP contribution is -2.33. The number of rotatable bonds is 6. The van der Waals surface area contributed by atoms with Crippen molar-refractivity contribution in [3.05, 3.63) is 108 Å². The Morgan fingerprint density at radius 3 is 1.85 bits per heavy atom. The third-order valence-electron chi connectivity index (χ3n) is 4.98. The molecule has 0 fully saturated rings. The zero-order valence-corrected chi connectivity index (χ0v) is 15.0. The number of benzene rings is 3. The minimum Gasteiger partial charge on any atom is -0.260 e. The van der Waals surface area contributed by atoms with E-state index in [4.69, 9.17) is 0 Å². The maximum Gasteiger partial charge on any atom is 0.235 e. The summed E-state index contributed by atoms with van der Waals surface area (Å²) in [4.78, 5) is 2.51. The van der Waals surface area contributed by atoms with Crippen molar-refractivity contribution >= 4 is 6.34 Å². The zero-order valence-electron chi connectivity index (χ0n) is 15.0. The minimum atomic E-state index is 0.501.